The van der Waals surface area contributed by atoms with Crippen LogP contribution in [0.5, 0.6) is 0 Å². The molecule has 14 heavy (non-hydrogen) atoms. The molecule has 0 aliphatic heterocycles. The van der Waals surface area contributed by atoms with Crippen LogP contribution in [0.2, 0.25) is 0 Å². The monoisotopic (exact) mass is 194 g/mol. The molecule has 0 radical (unpaired) electrons. The first-order valence-corrected chi connectivity index (χ1v) is 4.94. The molecule has 1 saturated carbocycles. The Labute approximate surface area is 83.6 Å². The van der Waals surface area contributed by atoms with Crippen molar-refractivity contribution in [1.29, 1.82) is 0 Å². The van der Waals surface area contributed by atoms with E-state index in [1.54, 1.807) is 12.1 Å². The second-order valence-corrected chi connectivity index (χ2v) is 4.58. The minimum atomic E-state index is -1.33. The first-order chi connectivity index (χ1) is 6.42. The van der Waals surface area contributed by atoms with Gasteiger partial charge >= 0.3 is 0 Å². The van der Waals surface area contributed by atoms with E-state index >= 15 is 0 Å². The fraction of sp³-hybridized carbons (Fsp3) is 0.500. The van der Waals surface area contributed by atoms with E-state index in [1.165, 1.54) is 13.8 Å². The van der Waals surface area contributed by atoms with E-state index < -0.39 is 11.3 Å². The van der Waals surface area contributed by atoms with E-state index in [9.17, 15) is 9.50 Å². The second kappa shape index (κ2) is 2.80. The van der Waals surface area contributed by atoms with Crippen LogP contribution in [0.15, 0.2) is 24.3 Å². The van der Waals surface area contributed by atoms with Crippen LogP contribution < -0.4 is 0 Å². The zero-order valence-electron chi connectivity index (χ0n) is 8.55. The minimum absolute atomic E-state index is 0.635. The molecule has 1 aliphatic rings. The summed E-state index contributed by atoms with van der Waals surface area (Å²) in [6.45, 7) is 3.06. The number of aliphatic hydroxyl groups is 1. The lowest BCUT2D eigenvalue weighted by atomic mass is 9.96. The zero-order chi connectivity index (χ0) is 10.4. The molecule has 1 aromatic carbocycles. The lowest BCUT2D eigenvalue weighted by molar-refractivity contribution is 0.150. The molecule has 0 amide bonds. The van der Waals surface area contributed by atoms with Gasteiger partial charge in [0.2, 0.25) is 0 Å². The Kier molecular flexibility index (Phi) is 1.93. The van der Waals surface area contributed by atoms with Crippen molar-refractivity contribution in [1.82, 2.24) is 0 Å². The third-order valence-corrected chi connectivity index (χ3v) is 2.81. The maximum atomic E-state index is 13.6. The van der Waals surface area contributed by atoms with Gasteiger partial charge in [0.25, 0.3) is 0 Å². The third-order valence-electron chi connectivity index (χ3n) is 2.81. The lowest BCUT2D eigenvalue weighted by Crippen LogP contribution is -2.11. The van der Waals surface area contributed by atoms with E-state index in [1.807, 2.05) is 12.1 Å². The molecule has 1 nitrogen and oxygen atoms in total. The van der Waals surface area contributed by atoms with E-state index in [0.29, 0.717) is 5.56 Å². The maximum absolute atomic E-state index is 13.6. The van der Waals surface area contributed by atoms with Gasteiger partial charge in [-0.1, -0.05) is 18.2 Å². The van der Waals surface area contributed by atoms with Crippen LogP contribution in [0.1, 0.15) is 37.8 Å². The normalized spacial score (nSPS) is 19.4. The average molecular weight is 194 g/mol. The molecule has 1 aromatic rings. The molecule has 76 valence electrons. The molecule has 0 unspecified atom stereocenters. The maximum Gasteiger partial charge on any atom is 0.130 e. The third kappa shape index (κ3) is 1.67. The van der Waals surface area contributed by atoms with Crippen molar-refractivity contribution in [3.63, 3.8) is 0 Å². The summed E-state index contributed by atoms with van der Waals surface area (Å²) >= 11 is 0. The van der Waals surface area contributed by atoms with Crippen molar-refractivity contribution in [2.24, 2.45) is 0 Å². The number of benzene rings is 1. The molecule has 0 saturated heterocycles. The molecule has 1 aliphatic carbocycles. The van der Waals surface area contributed by atoms with Gasteiger partial charge in [0, 0.05) is 0 Å². The Hall–Kier alpha value is -0.890. The first kappa shape index (κ1) is 9.66. The van der Waals surface area contributed by atoms with Gasteiger partial charge in [-0.15, -0.1) is 0 Å². The van der Waals surface area contributed by atoms with Crippen molar-refractivity contribution in [3.8, 4) is 0 Å². The molecule has 0 heterocycles. The molecule has 0 bridgehead atoms. The minimum Gasteiger partial charge on any atom is -0.385 e. The van der Waals surface area contributed by atoms with Crippen molar-refractivity contribution >= 4 is 0 Å². The Morgan fingerprint density at radius 3 is 2.50 bits per heavy atom. The summed E-state index contributed by atoms with van der Waals surface area (Å²) in [6, 6.07) is 7.20. The van der Waals surface area contributed by atoms with Crippen LogP contribution in [-0.2, 0) is 11.3 Å². The quantitative estimate of drug-likeness (QED) is 0.767. The molecular weight excluding hydrogens is 179 g/mol. The van der Waals surface area contributed by atoms with Crippen LogP contribution in [0.4, 0.5) is 4.39 Å². The Morgan fingerprint density at radius 2 is 2.00 bits per heavy atom. The van der Waals surface area contributed by atoms with Crippen LogP contribution in [0.25, 0.3) is 0 Å². The summed E-state index contributed by atoms with van der Waals surface area (Å²) in [5.41, 5.74) is -0.515. The van der Waals surface area contributed by atoms with Crippen molar-refractivity contribution in [2.75, 3.05) is 0 Å². The van der Waals surface area contributed by atoms with Crippen LogP contribution in [-0.4, -0.2) is 5.11 Å². The highest BCUT2D eigenvalue weighted by molar-refractivity contribution is 5.33. The summed E-state index contributed by atoms with van der Waals surface area (Å²) in [6.07, 6.45) is 1.59. The van der Waals surface area contributed by atoms with Gasteiger partial charge in [-0.3, -0.25) is 0 Å². The van der Waals surface area contributed by atoms with E-state index in [0.717, 1.165) is 18.4 Å². The smallest absolute Gasteiger partial charge is 0.130 e. The number of hydrogen-bond acceptors (Lipinski definition) is 1. The SMILES string of the molecule is CC(C)(F)c1cccc(C2(O)CC2)c1. The van der Waals surface area contributed by atoms with Gasteiger partial charge in [-0.2, -0.15) is 0 Å². The summed E-state index contributed by atoms with van der Waals surface area (Å²) < 4.78 is 13.6. The highest BCUT2D eigenvalue weighted by Crippen LogP contribution is 2.45. The molecule has 1 N–H and O–H groups in total. The van der Waals surface area contributed by atoms with E-state index in [-0.39, 0.29) is 0 Å². The van der Waals surface area contributed by atoms with Crippen LogP contribution >= 0.6 is 0 Å². The molecular formula is C12H15FO. The van der Waals surface area contributed by atoms with E-state index in [4.69, 9.17) is 0 Å². The van der Waals surface area contributed by atoms with Gasteiger partial charge in [0.15, 0.2) is 0 Å². The van der Waals surface area contributed by atoms with E-state index in [2.05, 4.69) is 0 Å². The molecule has 0 atom stereocenters. The zero-order valence-corrected chi connectivity index (χ0v) is 8.55. The summed E-state index contributed by atoms with van der Waals surface area (Å²) in [5, 5.41) is 9.87. The predicted octanol–water partition coefficient (Wildman–Crippen LogP) is 2.87. The summed E-state index contributed by atoms with van der Waals surface area (Å²) in [7, 11) is 0. The molecule has 0 aromatic heterocycles. The molecule has 1 fully saturated rings. The summed E-state index contributed by atoms with van der Waals surface area (Å²) in [5.74, 6) is 0. The largest absolute Gasteiger partial charge is 0.385 e. The molecule has 2 rings (SSSR count). The van der Waals surface area contributed by atoms with Gasteiger partial charge in [0.05, 0.1) is 5.60 Å². The van der Waals surface area contributed by atoms with Gasteiger partial charge in [0.1, 0.15) is 5.67 Å². The Bertz CT molecular complexity index is 327. The highest BCUT2D eigenvalue weighted by Gasteiger charge is 2.42. The number of hydrogen-bond donors (Lipinski definition) is 1. The van der Waals surface area contributed by atoms with Crippen LogP contribution in [0, 0.1) is 0 Å². The van der Waals surface area contributed by atoms with Gasteiger partial charge in [-0.25, -0.2) is 4.39 Å². The van der Waals surface area contributed by atoms with Crippen molar-refractivity contribution < 1.29 is 9.50 Å². The Balaban J connectivity index is 2.37. The van der Waals surface area contributed by atoms with Crippen molar-refractivity contribution in [3.05, 3.63) is 35.4 Å². The highest BCUT2D eigenvalue weighted by atomic mass is 19.1. The predicted molar refractivity (Wildman–Crippen MR) is 53.7 cm³/mol. The Morgan fingerprint density at radius 1 is 1.36 bits per heavy atom. The first-order valence-electron chi connectivity index (χ1n) is 4.94. The number of rotatable bonds is 2. The topological polar surface area (TPSA) is 20.2 Å². The average Bonchev–Trinajstić information content (AvgIpc) is 2.84. The lowest BCUT2D eigenvalue weighted by Gasteiger charge is -2.17. The summed E-state index contributed by atoms with van der Waals surface area (Å²) in [4.78, 5) is 0. The van der Waals surface area contributed by atoms with Gasteiger partial charge in [-0.05, 0) is 43.9 Å². The van der Waals surface area contributed by atoms with Crippen molar-refractivity contribution in [2.45, 2.75) is 38.0 Å². The number of alkyl halides is 1. The second-order valence-electron chi connectivity index (χ2n) is 4.58. The van der Waals surface area contributed by atoms with Gasteiger partial charge < -0.3 is 5.11 Å². The standard InChI is InChI=1S/C12H15FO/c1-11(2,13)9-4-3-5-10(8-9)12(14)6-7-12/h3-5,8,14H,6-7H2,1-2H3. The number of halogens is 1. The van der Waals surface area contributed by atoms with Crippen LogP contribution in [0.3, 0.4) is 0 Å². The molecule has 0 spiro atoms. The fourth-order valence-corrected chi connectivity index (χ4v) is 1.59. The molecule has 2 heteroatoms. The fourth-order valence-electron chi connectivity index (χ4n) is 1.59.